The molecule has 3 rings (SSSR count). The summed E-state index contributed by atoms with van der Waals surface area (Å²) in [6, 6.07) is 7.18. The van der Waals surface area contributed by atoms with Gasteiger partial charge in [0.15, 0.2) is 5.78 Å². The van der Waals surface area contributed by atoms with Gasteiger partial charge in [-0.15, -0.1) is 0 Å². The van der Waals surface area contributed by atoms with Gasteiger partial charge in [0.1, 0.15) is 5.84 Å². The number of nitrogens with zero attached hydrogens (tertiary/aromatic N) is 1. The summed E-state index contributed by atoms with van der Waals surface area (Å²) in [5, 5.41) is 18.3. The predicted octanol–water partition coefficient (Wildman–Crippen LogP) is 2.00. The number of benzene rings is 1. The number of aliphatic carboxylic acids is 1. The quantitative estimate of drug-likeness (QED) is 0.427. The molecule has 8 nitrogen and oxygen atoms in total. The van der Waals surface area contributed by atoms with Gasteiger partial charge in [0.2, 0.25) is 5.88 Å². The second-order valence-corrected chi connectivity index (χ2v) is 7.00. The van der Waals surface area contributed by atoms with Crippen LogP contribution in [-0.4, -0.2) is 41.9 Å². The number of hydrazine groups is 1. The average Bonchev–Trinajstić information content (AvgIpc) is 2.83. The molecule has 2 aliphatic rings. The molecule has 1 unspecified atom stereocenters. The van der Waals surface area contributed by atoms with E-state index >= 15 is 0 Å². The van der Waals surface area contributed by atoms with E-state index in [0.717, 1.165) is 11.1 Å². The van der Waals surface area contributed by atoms with Crippen LogP contribution >= 0.6 is 0 Å². The Balaban J connectivity index is 2.02. The van der Waals surface area contributed by atoms with Crippen LogP contribution in [0.3, 0.4) is 0 Å². The molecular formula is C21H24N4O4. The molecule has 1 aromatic rings. The molecule has 0 bridgehead atoms. The lowest BCUT2D eigenvalue weighted by molar-refractivity contribution is -0.137. The molecule has 8 heteroatoms. The van der Waals surface area contributed by atoms with Crippen LogP contribution in [0.5, 0.6) is 0 Å². The smallest absolute Gasteiger partial charge is 0.303 e. The number of Topliss-reactive ketones (excluding diaryl/α,β-unsaturated/α-hetero) is 1. The van der Waals surface area contributed by atoms with Gasteiger partial charge in [0.05, 0.1) is 12.8 Å². The van der Waals surface area contributed by atoms with Gasteiger partial charge >= 0.3 is 5.97 Å². The van der Waals surface area contributed by atoms with Crippen LogP contribution in [0.2, 0.25) is 0 Å². The molecular weight excluding hydrogens is 372 g/mol. The second kappa shape index (κ2) is 8.22. The van der Waals surface area contributed by atoms with Crippen molar-refractivity contribution < 1.29 is 19.4 Å². The number of hydrogen-bond donors (Lipinski definition) is 4. The molecule has 29 heavy (non-hydrogen) atoms. The Morgan fingerprint density at radius 1 is 1.38 bits per heavy atom. The molecule has 1 heterocycles. The first kappa shape index (κ1) is 20.2. The minimum Gasteiger partial charge on any atom is -0.482 e. The van der Waals surface area contributed by atoms with Gasteiger partial charge in [-0.25, -0.2) is 0 Å². The molecule has 0 aromatic heterocycles. The molecule has 0 radical (unpaired) electrons. The van der Waals surface area contributed by atoms with Crippen molar-refractivity contribution in [2.75, 3.05) is 14.2 Å². The van der Waals surface area contributed by atoms with Crippen LogP contribution in [0.1, 0.15) is 30.4 Å². The number of nitrogen functional groups attached to an aromatic ring is 1. The maximum absolute atomic E-state index is 13.1. The van der Waals surface area contributed by atoms with Crippen LogP contribution in [0, 0.1) is 11.3 Å². The summed E-state index contributed by atoms with van der Waals surface area (Å²) in [6.07, 6.45) is 4.17. The van der Waals surface area contributed by atoms with Crippen LogP contribution < -0.4 is 11.2 Å². The van der Waals surface area contributed by atoms with Crippen molar-refractivity contribution in [3.05, 3.63) is 64.7 Å². The normalized spacial score (nSPS) is 18.9. The molecule has 1 aliphatic carbocycles. The number of allylic oxidation sites excluding steroid dienone is 4. The first-order chi connectivity index (χ1) is 13.8. The zero-order valence-electron chi connectivity index (χ0n) is 16.4. The van der Waals surface area contributed by atoms with Crippen LogP contribution in [0.25, 0.3) is 5.57 Å². The number of likely N-dealkylation sites (N-methyl/N-ethyl adjacent to an activating group) is 1. The standard InChI is InChI=1S/C21H24N4O4/c1-25-16-9-15(12-3-5-13(6-4-12)21(22)23)10-17(26)20(16)14(7-8-19(27)28)11-18(24-25)29-2/h3-6,9,11,14,24H,7-8,10H2,1-2H3,(H3,22,23)(H,27,28). The third-order valence-electron chi connectivity index (χ3n) is 5.06. The largest absolute Gasteiger partial charge is 0.482 e. The topological polar surface area (TPSA) is 129 Å². The molecule has 0 saturated heterocycles. The van der Waals surface area contributed by atoms with Gasteiger partial charge in [-0.05, 0) is 29.7 Å². The SMILES string of the molecule is COC1=CC(CCC(=O)O)C2=C(C=C(c3ccc(C(=N)N)cc3)CC2=O)N(C)N1. The van der Waals surface area contributed by atoms with Gasteiger partial charge < -0.3 is 15.6 Å². The van der Waals surface area contributed by atoms with E-state index in [1.807, 2.05) is 18.2 Å². The van der Waals surface area contributed by atoms with E-state index in [1.54, 1.807) is 30.3 Å². The molecule has 0 fully saturated rings. The molecule has 0 amide bonds. The van der Waals surface area contributed by atoms with Crippen molar-refractivity contribution in [2.24, 2.45) is 11.7 Å². The number of nitrogens with two attached hydrogens (primary N) is 1. The molecule has 0 spiro atoms. The Morgan fingerprint density at radius 2 is 2.07 bits per heavy atom. The summed E-state index contributed by atoms with van der Waals surface area (Å²) in [4.78, 5) is 24.2. The Labute approximate surface area is 168 Å². The number of hydrogen-bond acceptors (Lipinski definition) is 6. The van der Waals surface area contributed by atoms with Gasteiger partial charge in [0, 0.05) is 36.9 Å². The highest BCUT2D eigenvalue weighted by atomic mass is 16.5. The third-order valence-corrected chi connectivity index (χ3v) is 5.06. The summed E-state index contributed by atoms with van der Waals surface area (Å²) >= 11 is 0. The van der Waals surface area contributed by atoms with Crippen LogP contribution in [0.15, 0.2) is 53.6 Å². The van der Waals surface area contributed by atoms with Crippen LogP contribution in [0.4, 0.5) is 0 Å². The van der Waals surface area contributed by atoms with Gasteiger partial charge in [0.25, 0.3) is 0 Å². The van der Waals surface area contributed by atoms with Crippen LogP contribution in [-0.2, 0) is 14.3 Å². The molecule has 1 aliphatic heterocycles. The lowest BCUT2D eigenvalue weighted by Crippen LogP contribution is -2.34. The highest BCUT2D eigenvalue weighted by molar-refractivity contribution is 6.06. The number of carboxylic acid groups (broad SMARTS) is 1. The van der Waals surface area contributed by atoms with E-state index < -0.39 is 5.97 Å². The van der Waals surface area contributed by atoms with Crippen molar-refractivity contribution >= 4 is 23.2 Å². The Bertz CT molecular complexity index is 944. The average molecular weight is 396 g/mol. The number of amidine groups is 1. The van der Waals surface area contributed by atoms with E-state index in [-0.39, 0.29) is 30.4 Å². The first-order valence-electron chi connectivity index (χ1n) is 9.21. The minimum atomic E-state index is -0.907. The summed E-state index contributed by atoms with van der Waals surface area (Å²) in [5.41, 5.74) is 12.2. The van der Waals surface area contributed by atoms with Gasteiger partial charge in [-0.1, -0.05) is 24.3 Å². The van der Waals surface area contributed by atoms with E-state index in [9.17, 15) is 9.59 Å². The second-order valence-electron chi connectivity index (χ2n) is 7.00. The van der Waals surface area contributed by atoms with Gasteiger partial charge in [-0.2, -0.15) is 0 Å². The van der Waals surface area contributed by atoms with Gasteiger partial charge in [-0.3, -0.25) is 25.4 Å². The summed E-state index contributed by atoms with van der Waals surface area (Å²) < 4.78 is 5.34. The fourth-order valence-corrected chi connectivity index (χ4v) is 3.58. The maximum atomic E-state index is 13.1. The minimum absolute atomic E-state index is 0.0117. The zero-order chi connectivity index (χ0) is 21.1. The number of nitrogens with one attached hydrogen (secondary N) is 2. The lowest BCUT2D eigenvalue weighted by atomic mass is 9.82. The lowest BCUT2D eigenvalue weighted by Gasteiger charge is -2.28. The Hall–Kier alpha value is -3.55. The van der Waals surface area contributed by atoms with Crippen molar-refractivity contribution in [2.45, 2.75) is 19.3 Å². The highest BCUT2D eigenvalue weighted by Crippen LogP contribution is 2.36. The van der Waals surface area contributed by atoms with Crippen molar-refractivity contribution in [1.82, 2.24) is 10.4 Å². The molecule has 5 N–H and O–H groups in total. The molecule has 0 saturated carbocycles. The van der Waals surface area contributed by atoms with E-state index in [2.05, 4.69) is 5.43 Å². The molecule has 152 valence electrons. The summed E-state index contributed by atoms with van der Waals surface area (Å²) in [6.45, 7) is 0. The zero-order valence-corrected chi connectivity index (χ0v) is 16.4. The number of rotatable bonds is 6. The number of ether oxygens (including phenoxy) is 1. The fraction of sp³-hybridized carbons (Fsp3) is 0.286. The molecule has 1 atom stereocenters. The number of ketones is 1. The number of carbonyl (C=O) groups excluding carboxylic acids is 1. The van der Waals surface area contributed by atoms with E-state index in [4.69, 9.17) is 21.0 Å². The summed E-state index contributed by atoms with van der Waals surface area (Å²) in [7, 11) is 3.30. The van der Waals surface area contributed by atoms with E-state index in [1.165, 1.54) is 7.11 Å². The Morgan fingerprint density at radius 3 is 2.66 bits per heavy atom. The number of carbonyl (C=O) groups is 2. The van der Waals surface area contributed by atoms with Crippen molar-refractivity contribution in [3.63, 3.8) is 0 Å². The Kier molecular flexibility index (Phi) is 5.72. The maximum Gasteiger partial charge on any atom is 0.303 e. The number of carboxylic acids is 1. The fourth-order valence-electron chi connectivity index (χ4n) is 3.58. The molecule has 1 aromatic carbocycles. The van der Waals surface area contributed by atoms with Crippen molar-refractivity contribution in [1.29, 1.82) is 5.41 Å². The van der Waals surface area contributed by atoms with Crippen molar-refractivity contribution in [3.8, 4) is 0 Å². The third kappa shape index (κ3) is 4.31. The predicted molar refractivity (Wildman–Crippen MR) is 108 cm³/mol. The first-order valence-corrected chi connectivity index (χ1v) is 9.21. The summed E-state index contributed by atoms with van der Waals surface area (Å²) in [5.74, 6) is -0.868. The van der Waals surface area contributed by atoms with E-state index in [0.29, 0.717) is 29.1 Å². The highest BCUT2D eigenvalue weighted by Gasteiger charge is 2.32. The number of methoxy groups -OCH3 is 1. The monoisotopic (exact) mass is 396 g/mol.